The monoisotopic (exact) mass is 343 g/mol. The van der Waals surface area contributed by atoms with Crippen molar-refractivity contribution in [2.24, 2.45) is 0 Å². The van der Waals surface area contributed by atoms with Gasteiger partial charge in [-0.15, -0.1) is 0 Å². The molecule has 1 atom stereocenters. The summed E-state index contributed by atoms with van der Waals surface area (Å²) < 4.78 is 11.0. The van der Waals surface area contributed by atoms with Crippen LogP contribution in [0.15, 0.2) is 42.5 Å². The van der Waals surface area contributed by atoms with Crippen LogP contribution in [0.1, 0.15) is 6.92 Å². The normalized spacial score (nSPS) is 13.6. The van der Waals surface area contributed by atoms with Crippen molar-refractivity contribution in [2.75, 3.05) is 23.8 Å². The molecular weight excluding hydrogens is 326 g/mol. The number of benzene rings is 2. The largest absolute Gasteiger partial charge is 0.486 e. The number of nitro groups is 1. The number of nitro benzene ring substituents is 1. The Morgan fingerprint density at radius 1 is 1.16 bits per heavy atom. The zero-order chi connectivity index (χ0) is 17.8. The molecule has 0 saturated heterocycles. The van der Waals surface area contributed by atoms with Gasteiger partial charge in [0.2, 0.25) is 5.91 Å². The number of carbonyl (C=O) groups is 1. The summed E-state index contributed by atoms with van der Waals surface area (Å²) in [5.41, 5.74) is 0.699. The summed E-state index contributed by atoms with van der Waals surface area (Å²) in [4.78, 5) is 22.8. The van der Waals surface area contributed by atoms with Gasteiger partial charge < -0.3 is 20.1 Å². The third kappa shape index (κ3) is 3.79. The van der Waals surface area contributed by atoms with Gasteiger partial charge in [0.25, 0.3) is 5.69 Å². The first-order chi connectivity index (χ1) is 12.0. The van der Waals surface area contributed by atoms with Gasteiger partial charge in [0.05, 0.1) is 4.92 Å². The first-order valence-electron chi connectivity index (χ1n) is 7.75. The zero-order valence-electron chi connectivity index (χ0n) is 13.5. The first kappa shape index (κ1) is 16.6. The van der Waals surface area contributed by atoms with Crippen LogP contribution in [0.2, 0.25) is 0 Å². The average molecular weight is 343 g/mol. The second-order valence-electron chi connectivity index (χ2n) is 5.49. The lowest BCUT2D eigenvalue weighted by Gasteiger charge is -2.20. The molecule has 1 aliphatic heterocycles. The van der Waals surface area contributed by atoms with Crippen molar-refractivity contribution in [3.8, 4) is 11.5 Å². The standard InChI is InChI=1S/C17H17N3O5/c1-11(17(21)19-13-4-2-3-5-14(13)20(22)23)18-12-6-7-15-16(10-12)25-9-8-24-15/h2-7,10-11,18H,8-9H2,1H3,(H,19,21). The van der Waals surface area contributed by atoms with Crippen LogP contribution in [-0.4, -0.2) is 30.1 Å². The van der Waals surface area contributed by atoms with Gasteiger partial charge >= 0.3 is 0 Å². The van der Waals surface area contributed by atoms with E-state index in [-0.39, 0.29) is 17.3 Å². The molecule has 0 radical (unpaired) electrons. The number of ether oxygens (including phenoxy) is 2. The van der Waals surface area contributed by atoms with Gasteiger partial charge in [0.1, 0.15) is 24.9 Å². The van der Waals surface area contributed by atoms with E-state index in [0.717, 1.165) is 0 Å². The Hall–Kier alpha value is -3.29. The van der Waals surface area contributed by atoms with Gasteiger partial charge in [-0.05, 0) is 25.1 Å². The van der Waals surface area contributed by atoms with E-state index in [1.54, 1.807) is 37.3 Å². The van der Waals surface area contributed by atoms with Crippen LogP contribution >= 0.6 is 0 Å². The second kappa shape index (κ2) is 7.08. The van der Waals surface area contributed by atoms with E-state index in [1.165, 1.54) is 12.1 Å². The van der Waals surface area contributed by atoms with Crippen LogP contribution in [0.3, 0.4) is 0 Å². The van der Waals surface area contributed by atoms with E-state index < -0.39 is 11.0 Å². The van der Waals surface area contributed by atoms with E-state index in [0.29, 0.717) is 30.4 Å². The molecule has 8 nitrogen and oxygen atoms in total. The number of fused-ring (bicyclic) bond motifs is 1. The van der Waals surface area contributed by atoms with Crippen LogP contribution in [0.4, 0.5) is 17.1 Å². The highest BCUT2D eigenvalue weighted by atomic mass is 16.6. The topological polar surface area (TPSA) is 103 Å². The van der Waals surface area contributed by atoms with Crippen molar-refractivity contribution in [3.63, 3.8) is 0 Å². The van der Waals surface area contributed by atoms with E-state index in [9.17, 15) is 14.9 Å². The Kier molecular flexibility index (Phi) is 4.69. The summed E-state index contributed by atoms with van der Waals surface area (Å²) in [5.74, 6) is 0.889. The molecule has 1 amide bonds. The van der Waals surface area contributed by atoms with E-state index in [1.807, 2.05) is 0 Å². The highest BCUT2D eigenvalue weighted by Gasteiger charge is 2.19. The molecule has 8 heteroatoms. The van der Waals surface area contributed by atoms with Gasteiger partial charge in [-0.1, -0.05) is 12.1 Å². The van der Waals surface area contributed by atoms with Gasteiger partial charge in [-0.3, -0.25) is 14.9 Å². The molecule has 2 aromatic rings. The number of anilines is 2. The maximum atomic E-state index is 12.3. The lowest BCUT2D eigenvalue weighted by Crippen LogP contribution is -2.32. The fourth-order valence-corrected chi connectivity index (χ4v) is 2.43. The smallest absolute Gasteiger partial charge is 0.292 e. The van der Waals surface area contributed by atoms with Crippen molar-refractivity contribution in [3.05, 3.63) is 52.6 Å². The fraction of sp³-hybridized carbons (Fsp3) is 0.235. The van der Waals surface area contributed by atoms with E-state index in [4.69, 9.17) is 9.47 Å². The number of hydrogen-bond donors (Lipinski definition) is 2. The molecule has 1 unspecified atom stereocenters. The molecule has 3 rings (SSSR count). The molecule has 0 bridgehead atoms. The molecular formula is C17H17N3O5. The molecule has 0 saturated carbocycles. The van der Waals surface area contributed by atoms with Gasteiger partial charge in [-0.2, -0.15) is 0 Å². The van der Waals surface area contributed by atoms with E-state index >= 15 is 0 Å². The summed E-state index contributed by atoms with van der Waals surface area (Å²) in [7, 11) is 0. The highest BCUT2D eigenvalue weighted by Crippen LogP contribution is 2.32. The Morgan fingerprint density at radius 3 is 2.64 bits per heavy atom. The number of nitrogens with zero attached hydrogens (tertiary/aromatic N) is 1. The van der Waals surface area contributed by atoms with Gasteiger partial charge in [-0.25, -0.2) is 0 Å². The number of hydrogen-bond acceptors (Lipinski definition) is 6. The number of nitrogens with one attached hydrogen (secondary N) is 2. The number of amides is 1. The van der Waals surface area contributed by atoms with Crippen molar-refractivity contribution in [1.82, 2.24) is 0 Å². The Morgan fingerprint density at radius 2 is 1.88 bits per heavy atom. The summed E-state index contributed by atoms with van der Waals surface area (Å²) in [6.07, 6.45) is 0. The average Bonchev–Trinajstić information content (AvgIpc) is 2.61. The lowest BCUT2D eigenvalue weighted by molar-refractivity contribution is -0.383. The molecule has 1 heterocycles. The molecule has 130 valence electrons. The fourth-order valence-electron chi connectivity index (χ4n) is 2.43. The maximum Gasteiger partial charge on any atom is 0.292 e. The summed E-state index contributed by atoms with van der Waals surface area (Å²) >= 11 is 0. The van der Waals surface area contributed by atoms with Crippen molar-refractivity contribution >= 4 is 23.0 Å². The summed E-state index contributed by atoms with van der Waals surface area (Å²) in [5, 5.41) is 16.6. The quantitative estimate of drug-likeness (QED) is 0.639. The Labute approximate surface area is 143 Å². The molecule has 1 aliphatic rings. The summed E-state index contributed by atoms with van der Waals surface area (Å²) in [6, 6.07) is 10.7. The minimum Gasteiger partial charge on any atom is -0.486 e. The zero-order valence-corrected chi connectivity index (χ0v) is 13.5. The number of carbonyl (C=O) groups excluding carboxylic acids is 1. The Bertz CT molecular complexity index is 809. The van der Waals surface area contributed by atoms with Gasteiger partial charge in [0, 0.05) is 17.8 Å². The van der Waals surface area contributed by atoms with Crippen molar-refractivity contribution in [1.29, 1.82) is 0 Å². The van der Waals surface area contributed by atoms with Crippen molar-refractivity contribution in [2.45, 2.75) is 13.0 Å². The molecule has 0 aromatic heterocycles. The van der Waals surface area contributed by atoms with Crippen molar-refractivity contribution < 1.29 is 19.2 Å². The number of rotatable bonds is 5. The molecule has 2 aromatic carbocycles. The van der Waals surface area contributed by atoms with Gasteiger partial charge in [0.15, 0.2) is 11.5 Å². The molecule has 0 aliphatic carbocycles. The van der Waals surface area contributed by atoms with Crippen LogP contribution in [0, 0.1) is 10.1 Å². The maximum absolute atomic E-state index is 12.3. The van der Waals surface area contributed by atoms with E-state index in [2.05, 4.69) is 10.6 Å². The third-order valence-electron chi connectivity index (χ3n) is 3.68. The highest BCUT2D eigenvalue weighted by molar-refractivity contribution is 5.98. The summed E-state index contributed by atoms with van der Waals surface area (Å²) in [6.45, 7) is 2.65. The predicted molar refractivity (Wildman–Crippen MR) is 92.2 cm³/mol. The van der Waals surface area contributed by atoms with Crippen LogP contribution in [-0.2, 0) is 4.79 Å². The first-order valence-corrected chi connectivity index (χ1v) is 7.75. The predicted octanol–water partition coefficient (Wildman–Crippen LogP) is 2.81. The van der Waals surface area contributed by atoms with Crippen LogP contribution in [0.25, 0.3) is 0 Å². The third-order valence-corrected chi connectivity index (χ3v) is 3.68. The van der Waals surface area contributed by atoms with Crippen LogP contribution < -0.4 is 20.1 Å². The minimum absolute atomic E-state index is 0.151. The molecule has 0 spiro atoms. The molecule has 2 N–H and O–H groups in total. The number of para-hydroxylation sites is 2. The second-order valence-corrected chi connectivity index (χ2v) is 5.49. The SMILES string of the molecule is CC(Nc1ccc2c(c1)OCCO2)C(=O)Nc1ccccc1[N+](=O)[O-]. The lowest BCUT2D eigenvalue weighted by atomic mass is 10.2. The minimum atomic E-state index is -0.609. The van der Waals surface area contributed by atoms with Crippen LogP contribution in [0.5, 0.6) is 11.5 Å². The molecule has 0 fully saturated rings. The Balaban J connectivity index is 1.68. The molecule has 25 heavy (non-hydrogen) atoms.